The van der Waals surface area contributed by atoms with Gasteiger partial charge in [-0.25, -0.2) is 18.3 Å². The van der Waals surface area contributed by atoms with Crippen LogP contribution in [0.15, 0.2) is 24.3 Å². The largest absolute Gasteiger partial charge is 0.326 e. The molecule has 130 valence electrons. The zero-order chi connectivity index (χ0) is 18.1. The summed E-state index contributed by atoms with van der Waals surface area (Å²) < 4.78 is 28.1. The van der Waals surface area contributed by atoms with E-state index in [9.17, 15) is 13.6 Å². The van der Waals surface area contributed by atoms with Gasteiger partial charge >= 0.3 is 0 Å². The van der Waals surface area contributed by atoms with Gasteiger partial charge in [0.15, 0.2) is 5.65 Å². The predicted molar refractivity (Wildman–Crippen MR) is 90.5 cm³/mol. The number of carbonyl (C=O) groups excluding carboxylic acids is 1. The Bertz CT molecular complexity index is 945. The van der Waals surface area contributed by atoms with Gasteiger partial charge in [-0.3, -0.25) is 4.79 Å². The number of halogens is 2. The molecule has 2 heterocycles. The smallest absolute Gasteiger partial charge is 0.224 e. The van der Waals surface area contributed by atoms with Crippen molar-refractivity contribution in [2.75, 3.05) is 5.32 Å². The van der Waals surface area contributed by atoms with Gasteiger partial charge in [0.05, 0.1) is 5.69 Å². The fourth-order valence-corrected chi connectivity index (χ4v) is 2.89. The Balaban J connectivity index is 1.74. The monoisotopic (exact) mass is 344 g/mol. The van der Waals surface area contributed by atoms with Crippen LogP contribution in [0, 0.1) is 32.4 Å². The minimum atomic E-state index is -0.731. The van der Waals surface area contributed by atoms with Crippen LogP contribution in [0.4, 0.5) is 14.5 Å². The third kappa shape index (κ3) is 3.65. The second-order valence-electron chi connectivity index (χ2n) is 6.02. The van der Waals surface area contributed by atoms with Gasteiger partial charge in [-0.2, -0.15) is 5.10 Å². The number of carbonyl (C=O) groups is 1. The first-order chi connectivity index (χ1) is 11.8. The zero-order valence-electron chi connectivity index (χ0n) is 14.2. The highest BCUT2D eigenvalue weighted by Crippen LogP contribution is 2.18. The van der Waals surface area contributed by atoms with Crippen molar-refractivity contribution in [3.05, 3.63) is 58.5 Å². The van der Waals surface area contributed by atoms with Gasteiger partial charge in [-0.15, -0.1) is 0 Å². The molecule has 0 fully saturated rings. The van der Waals surface area contributed by atoms with E-state index in [-0.39, 0.29) is 18.0 Å². The maximum absolute atomic E-state index is 13.2. The van der Waals surface area contributed by atoms with Crippen LogP contribution >= 0.6 is 0 Å². The summed E-state index contributed by atoms with van der Waals surface area (Å²) in [5.74, 6) is -1.78. The van der Waals surface area contributed by atoms with E-state index in [4.69, 9.17) is 0 Å². The van der Waals surface area contributed by atoms with Crippen LogP contribution in [-0.2, 0) is 11.2 Å². The number of anilines is 1. The van der Waals surface area contributed by atoms with Crippen molar-refractivity contribution in [3.63, 3.8) is 0 Å². The normalized spacial score (nSPS) is 11.1. The number of nitrogens with one attached hydrogen (secondary N) is 1. The Kier molecular flexibility index (Phi) is 4.48. The Morgan fingerprint density at radius 1 is 1.12 bits per heavy atom. The predicted octanol–water partition coefficient (Wildman–Crippen LogP) is 3.50. The number of hydrogen-bond acceptors (Lipinski definition) is 3. The van der Waals surface area contributed by atoms with E-state index in [0.29, 0.717) is 6.42 Å². The van der Waals surface area contributed by atoms with Crippen molar-refractivity contribution in [3.8, 4) is 0 Å². The lowest BCUT2D eigenvalue weighted by Gasteiger charge is -2.11. The third-order valence-electron chi connectivity index (χ3n) is 4.03. The molecular weight excluding hydrogens is 326 g/mol. The lowest BCUT2D eigenvalue weighted by Crippen LogP contribution is -2.14. The van der Waals surface area contributed by atoms with Crippen molar-refractivity contribution in [2.24, 2.45) is 0 Å². The molecule has 0 radical (unpaired) electrons. The standard InChI is InChI=1S/C18H18F2N4O/c1-10-6-17-21-11(2)16(12(3)24(17)23-10)4-5-18(25)22-15-8-13(19)7-14(20)9-15/h6-9H,4-5H2,1-3H3,(H,22,25). The van der Waals surface area contributed by atoms with E-state index in [1.807, 2.05) is 26.8 Å². The molecule has 1 N–H and O–H groups in total. The zero-order valence-corrected chi connectivity index (χ0v) is 14.2. The van der Waals surface area contributed by atoms with Crippen molar-refractivity contribution in [2.45, 2.75) is 33.6 Å². The Morgan fingerprint density at radius 2 is 1.80 bits per heavy atom. The molecule has 3 aromatic rings. The number of hydrogen-bond donors (Lipinski definition) is 1. The van der Waals surface area contributed by atoms with Gasteiger partial charge in [0.25, 0.3) is 0 Å². The van der Waals surface area contributed by atoms with E-state index in [1.54, 1.807) is 4.52 Å². The molecule has 0 atom stereocenters. The molecule has 0 aliphatic carbocycles. The molecule has 2 aromatic heterocycles. The number of benzene rings is 1. The number of aryl methyl sites for hydroxylation is 3. The second kappa shape index (κ2) is 6.58. The SMILES string of the molecule is Cc1cc2nc(C)c(CCC(=O)Nc3cc(F)cc(F)c3)c(C)n2n1. The molecule has 0 unspecified atom stereocenters. The van der Waals surface area contributed by atoms with Gasteiger partial charge in [0.1, 0.15) is 11.6 Å². The van der Waals surface area contributed by atoms with Gasteiger partial charge in [0, 0.05) is 35.6 Å². The number of nitrogens with zero attached hydrogens (tertiary/aromatic N) is 3. The summed E-state index contributed by atoms with van der Waals surface area (Å²) in [6.07, 6.45) is 0.635. The molecule has 0 spiro atoms. The molecule has 1 amide bonds. The lowest BCUT2D eigenvalue weighted by molar-refractivity contribution is -0.116. The first kappa shape index (κ1) is 17.0. The molecule has 5 nitrogen and oxygen atoms in total. The van der Waals surface area contributed by atoms with Crippen molar-refractivity contribution >= 4 is 17.2 Å². The molecule has 25 heavy (non-hydrogen) atoms. The first-order valence-corrected chi connectivity index (χ1v) is 7.92. The maximum atomic E-state index is 13.2. The number of rotatable bonds is 4. The van der Waals surface area contributed by atoms with E-state index >= 15 is 0 Å². The minimum Gasteiger partial charge on any atom is -0.326 e. The van der Waals surface area contributed by atoms with E-state index < -0.39 is 11.6 Å². The molecule has 0 bridgehead atoms. The number of amides is 1. The topological polar surface area (TPSA) is 59.3 Å². The van der Waals surface area contributed by atoms with Crippen LogP contribution in [0.25, 0.3) is 5.65 Å². The van der Waals surface area contributed by atoms with Gasteiger partial charge < -0.3 is 5.32 Å². The van der Waals surface area contributed by atoms with Crippen molar-refractivity contribution in [1.82, 2.24) is 14.6 Å². The molecule has 0 saturated carbocycles. The molecule has 1 aromatic carbocycles. The highest BCUT2D eigenvalue weighted by Gasteiger charge is 2.13. The maximum Gasteiger partial charge on any atom is 0.224 e. The third-order valence-corrected chi connectivity index (χ3v) is 4.03. The van der Waals surface area contributed by atoms with Crippen LogP contribution in [0.1, 0.15) is 29.1 Å². The van der Waals surface area contributed by atoms with Crippen molar-refractivity contribution in [1.29, 1.82) is 0 Å². The average molecular weight is 344 g/mol. The lowest BCUT2D eigenvalue weighted by atomic mass is 10.1. The summed E-state index contributed by atoms with van der Waals surface area (Å²) in [6.45, 7) is 5.72. The van der Waals surface area contributed by atoms with Gasteiger partial charge in [0.2, 0.25) is 5.91 Å². The summed E-state index contributed by atoms with van der Waals surface area (Å²) in [5.41, 5.74) is 4.46. The van der Waals surface area contributed by atoms with E-state index in [2.05, 4.69) is 15.4 Å². The average Bonchev–Trinajstić information content (AvgIpc) is 2.86. The summed E-state index contributed by atoms with van der Waals surface area (Å²) in [5, 5.41) is 6.91. The van der Waals surface area contributed by atoms with Gasteiger partial charge in [-0.05, 0) is 44.9 Å². The minimum absolute atomic E-state index is 0.104. The molecule has 0 saturated heterocycles. The fraction of sp³-hybridized carbons (Fsp3) is 0.278. The fourth-order valence-electron chi connectivity index (χ4n) is 2.89. The second-order valence-corrected chi connectivity index (χ2v) is 6.02. The number of aromatic nitrogens is 3. The Hall–Kier alpha value is -2.83. The summed E-state index contributed by atoms with van der Waals surface area (Å²) in [4.78, 5) is 16.6. The van der Waals surface area contributed by atoms with Crippen LogP contribution in [-0.4, -0.2) is 20.5 Å². The highest BCUT2D eigenvalue weighted by atomic mass is 19.1. The van der Waals surface area contributed by atoms with Gasteiger partial charge in [-0.1, -0.05) is 0 Å². The molecule has 0 aliphatic rings. The number of fused-ring (bicyclic) bond motifs is 1. The molecular formula is C18H18F2N4O. The summed E-state index contributed by atoms with van der Waals surface area (Å²) in [7, 11) is 0. The van der Waals surface area contributed by atoms with Crippen molar-refractivity contribution < 1.29 is 13.6 Å². The summed E-state index contributed by atoms with van der Waals surface area (Å²) >= 11 is 0. The van der Waals surface area contributed by atoms with E-state index in [0.717, 1.165) is 46.5 Å². The Labute approximate surface area is 143 Å². The quantitative estimate of drug-likeness (QED) is 0.788. The highest BCUT2D eigenvalue weighted by molar-refractivity contribution is 5.90. The van der Waals surface area contributed by atoms with Crippen LogP contribution < -0.4 is 5.32 Å². The van der Waals surface area contributed by atoms with Crippen LogP contribution in [0.2, 0.25) is 0 Å². The Morgan fingerprint density at radius 3 is 2.48 bits per heavy atom. The molecule has 0 aliphatic heterocycles. The first-order valence-electron chi connectivity index (χ1n) is 7.92. The van der Waals surface area contributed by atoms with E-state index in [1.165, 1.54) is 0 Å². The molecule has 3 rings (SSSR count). The molecule has 7 heteroatoms. The van der Waals surface area contributed by atoms with Crippen LogP contribution in [0.5, 0.6) is 0 Å². The summed E-state index contributed by atoms with van der Waals surface area (Å²) in [6, 6.07) is 4.82. The van der Waals surface area contributed by atoms with Crippen LogP contribution in [0.3, 0.4) is 0 Å².